The topological polar surface area (TPSA) is 72.4 Å². The van der Waals surface area contributed by atoms with E-state index >= 15 is 0 Å². The Kier molecular flexibility index (Phi) is 2.24. The Hall–Kier alpha value is -1.75. The predicted octanol–water partition coefficient (Wildman–Crippen LogP) is 0.929. The average molecular weight is 225 g/mol. The largest absolute Gasteiger partial charge is 0.369 e. The molecule has 6 heteroatoms. The van der Waals surface area contributed by atoms with Crippen molar-refractivity contribution in [2.24, 2.45) is 0 Å². The SMILES string of the molecule is CNC(=O)c1cn2c(N)ncc2cc1Cl. The molecule has 0 spiro atoms. The van der Waals surface area contributed by atoms with Crippen LogP contribution >= 0.6 is 11.6 Å². The minimum Gasteiger partial charge on any atom is -0.369 e. The van der Waals surface area contributed by atoms with Crippen LogP contribution in [0.3, 0.4) is 0 Å². The van der Waals surface area contributed by atoms with Crippen LogP contribution in [-0.2, 0) is 0 Å². The standard InChI is InChI=1S/C9H9ClN4O/c1-12-8(15)6-4-14-5(2-7(6)10)3-13-9(14)11/h2-4H,1H3,(H2,11,13)(H,12,15). The number of nitrogens with zero attached hydrogens (tertiary/aromatic N) is 2. The number of carbonyl (C=O) groups excluding carboxylic acids is 1. The van der Waals surface area contributed by atoms with Gasteiger partial charge in [-0.3, -0.25) is 9.20 Å². The van der Waals surface area contributed by atoms with Crippen molar-refractivity contribution < 1.29 is 4.79 Å². The van der Waals surface area contributed by atoms with Gasteiger partial charge >= 0.3 is 0 Å². The highest BCUT2D eigenvalue weighted by atomic mass is 35.5. The summed E-state index contributed by atoms with van der Waals surface area (Å²) < 4.78 is 1.61. The zero-order chi connectivity index (χ0) is 11.0. The number of amides is 1. The molecule has 0 aromatic carbocycles. The lowest BCUT2D eigenvalue weighted by molar-refractivity contribution is 0.0963. The molecule has 0 bridgehead atoms. The van der Waals surface area contributed by atoms with E-state index in [0.717, 1.165) is 5.52 Å². The number of nitrogens with one attached hydrogen (secondary N) is 1. The summed E-state index contributed by atoms with van der Waals surface area (Å²) in [6, 6.07) is 1.65. The number of hydrogen-bond acceptors (Lipinski definition) is 3. The van der Waals surface area contributed by atoms with E-state index < -0.39 is 0 Å². The van der Waals surface area contributed by atoms with Gasteiger partial charge in [0.2, 0.25) is 5.95 Å². The van der Waals surface area contributed by atoms with E-state index in [-0.39, 0.29) is 5.91 Å². The zero-order valence-corrected chi connectivity index (χ0v) is 8.75. The third-order valence-corrected chi connectivity index (χ3v) is 2.43. The molecule has 0 fully saturated rings. The molecule has 2 rings (SSSR count). The second-order valence-electron chi connectivity index (χ2n) is 3.03. The lowest BCUT2D eigenvalue weighted by Crippen LogP contribution is -2.18. The maximum absolute atomic E-state index is 11.4. The second kappa shape index (κ2) is 3.43. The fourth-order valence-corrected chi connectivity index (χ4v) is 1.58. The van der Waals surface area contributed by atoms with Crippen molar-refractivity contribution in [3.63, 3.8) is 0 Å². The molecule has 0 saturated carbocycles. The number of fused-ring (bicyclic) bond motifs is 1. The van der Waals surface area contributed by atoms with Crippen LogP contribution in [0.5, 0.6) is 0 Å². The number of nitrogens with two attached hydrogens (primary N) is 1. The normalized spacial score (nSPS) is 10.5. The van der Waals surface area contributed by atoms with Crippen LogP contribution in [0.15, 0.2) is 18.5 Å². The molecule has 0 aliphatic carbocycles. The monoisotopic (exact) mass is 224 g/mol. The number of imidazole rings is 1. The fraction of sp³-hybridized carbons (Fsp3) is 0.111. The molecule has 5 nitrogen and oxygen atoms in total. The minimum atomic E-state index is -0.255. The summed E-state index contributed by atoms with van der Waals surface area (Å²) in [6.07, 6.45) is 3.16. The molecule has 0 radical (unpaired) electrons. The predicted molar refractivity (Wildman–Crippen MR) is 58.0 cm³/mol. The van der Waals surface area contributed by atoms with Gasteiger partial charge in [-0.2, -0.15) is 0 Å². The third-order valence-electron chi connectivity index (χ3n) is 2.12. The Morgan fingerprint density at radius 2 is 2.40 bits per heavy atom. The van der Waals surface area contributed by atoms with E-state index in [1.54, 1.807) is 29.9 Å². The number of pyridine rings is 1. The lowest BCUT2D eigenvalue weighted by atomic mass is 10.2. The van der Waals surface area contributed by atoms with Crippen LogP contribution in [0.2, 0.25) is 5.02 Å². The maximum atomic E-state index is 11.4. The van der Waals surface area contributed by atoms with Gasteiger partial charge in [0.1, 0.15) is 0 Å². The number of aromatic nitrogens is 2. The van der Waals surface area contributed by atoms with Crippen LogP contribution in [0, 0.1) is 0 Å². The first-order valence-electron chi connectivity index (χ1n) is 4.27. The molecule has 2 heterocycles. The number of carbonyl (C=O) groups is 1. The number of nitrogen functional groups attached to an aromatic ring is 1. The van der Waals surface area contributed by atoms with E-state index in [9.17, 15) is 4.79 Å². The summed E-state index contributed by atoms with van der Waals surface area (Å²) >= 11 is 5.94. The number of halogens is 1. The van der Waals surface area contributed by atoms with Gasteiger partial charge in [-0.1, -0.05) is 11.6 Å². The smallest absolute Gasteiger partial charge is 0.254 e. The van der Waals surface area contributed by atoms with Crippen LogP contribution in [0.4, 0.5) is 5.95 Å². The molecule has 78 valence electrons. The highest BCUT2D eigenvalue weighted by molar-refractivity contribution is 6.34. The molecule has 3 N–H and O–H groups in total. The first-order chi connectivity index (χ1) is 7.13. The molecule has 2 aromatic rings. The molecule has 0 aliphatic heterocycles. The Balaban J connectivity index is 2.70. The van der Waals surface area contributed by atoms with Gasteiger partial charge in [-0.15, -0.1) is 0 Å². The second-order valence-corrected chi connectivity index (χ2v) is 3.43. The summed E-state index contributed by atoms with van der Waals surface area (Å²) in [7, 11) is 1.54. The van der Waals surface area contributed by atoms with Crippen molar-refractivity contribution in [1.29, 1.82) is 0 Å². The van der Waals surface area contributed by atoms with Crippen molar-refractivity contribution in [3.8, 4) is 0 Å². The highest BCUT2D eigenvalue weighted by Gasteiger charge is 2.11. The molecule has 0 aliphatic rings. The maximum Gasteiger partial charge on any atom is 0.254 e. The first-order valence-corrected chi connectivity index (χ1v) is 4.65. The van der Waals surface area contributed by atoms with Gasteiger partial charge in [-0.05, 0) is 6.07 Å². The Labute approximate surface area is 90.9 Å². The van der Waals surface area contributed by atoms with Crippen LogP contribution in [0.1, 0.15) is 10.4 Å². The van der Waals surface area contributed by atoms with Gasteiger partial charge in [0.15, 0.2) is 0 Å². The summed E-state index contributed by atoms with van der Waals surface area (Å²) in [5, 5.41) is 2.88. The fourth-order valence-electron chi connectivity index (χ4n) is 1.34. The highest BCUT2D eigenvalue weighted by Crippen LogP contribution is 2.20. The quantitative estimate of drug-likeness (QED) is 0.757. The Morgan fingerprint density at radius 3 is 3.07 bits per heavy atom. The van der Waals surface area contributed by atoms with Crippen molar-refractivity contribution in [2.75, 3.05) is 12.8 Å². The van der Waals surface area contributed by atoms with Crippen molar-refractivity contribution >= 4 is 29.0 Å². The summed E-state index contributed by atoms with van der Waals surface area (Å²) in [5.74, 6) is 0.0711. The van der Waals surface area contributed by atoms with Crippen molar-refractivity contribution in [1.82, 2.24) is 14.7 Å². The van der Waals surface area contributed by atoms with Crippen LogP contribution < -0.4 is 11.1 Å². The molecule has 2 aromatic heterocycles. The van der Waals surface area contributed by atoms with Crippen molar-refractivity contribution in [2.45, 2.75) is 0 Å². The average Bonchev–Trinajstić information content (AvgIpc) is 2.58. The summed E-state index contributed by atoms with van der Waals surface area (Å²) in [4.78, 5) is 15.4. The minimum absolute atomic E-state index is 0.255. The van der Waals surface area contributed by atoms with Gasteiger partial charge < -0.3 is 11.1 Å². The number of anilines is 1. The molecule has 0 saturated heterocycles. The molecular formula is C9H9ClN4O. The molecular weight excluding hydrogens is 216 g/mol. The molecule has 15 heavy (non-hydrogen) atoms. The van der Waals surface area contributed by atoms with E-state index in [0.29, 0.717) is 16.5 Å². The summed E-state index contributed by atoms with van der Waals surface area (Å²) in [5.41, 5.74) is 6.74. The zero-order valence-electron chi connectivity index (χ0n) is 7.99. The Bertz CT molecular complexity index is 534. The van der Waals surface area contributed by atoms with Crippen LogP contribution in [-0.4, -0.2) is 22.3 Å². The lowest BCUT2D eigenvalue weighted by Gasteiger charge is -2.04. The van der Waals surface area contributed by atoms with E-state index in [4.69, 9.17) is 17.3 Å². The van der Waals surface area contributed by atoms with Gasteiger partial charge in [0.05, 0.1) is 22.3 Å². The molecule has 0 unspecified atom stereocenters. The third kappa shape index (κ3) is 1.50. The first kappa shape index (κ1) is 9.79. The summed E-state index contributed by atoms with van der Waals surface area (Å²) in [6.45, 7) is 0. The van der Waals surface area contributed by atoms with E-state index in [1.165, 1.54) is 0 Å². The van der Waals surface area contributed by atoms with Crippen LogP contribution in [0.25, 0.3) is 5.52 Å². The van der Waals surface area contributed by atoms with Crippen molar-refractivity contribution in [3.05, 3.63) is 29.0 Å². The van der Waals surface area contributed by atoms with Gasteiger partial charge in [-0.25, -0.2) is 4.98 Å². The van der Waals surface area contributed by atoms with Gasteiger partial charge in [0.25, 0.3) is 5.91 Å². The molecule has 0 atom stereocenters. The van der Waals surface area contributed by atoms with E-state index in [2.05, 4.69) is 10.3 Å². The Morgan fingerprint density at radius 1 is 1.67 bits per heavy atom. The van der Waals surface area contributed by atoms with E-state index in [1.807, 2.05) is 0 Å². The number of hydrogen-bond donors (Lipinski definition) is 2. The van der Waals surface area contributed by atoms with Gasteiger partial charge in [0, 0.05) is 13.2 Å². The molecule has 1 amide bonds. The number of rotatable bonds is 1.